The number of sulfone groups is 1. The van der Waals surface area contributed by atoms with Crippen LogP contribution in [0.5, 0.6) is 5.75 Å². The van der Waals surface area contributed by atoms with Crippen LogP contribution in [0, 0.1) is 0 Å². The molecule has 0 saturated carbocycles. The van der Waals surface area contributed by atoms with E-state index in [1.54, 1.807) is 31.2 Å². The Labute approximate surface area is 239 Å². The monoisotopic (exact) mass is 609 g/mol. The zero-order chi connectivity index (χ0) is 30.3. The largest absolute Gasteiger partial charge is 0.435 e. The second-order valence-corrected chi connectivity index (χ2v) is 11.4. The van der Waals surface area contributed by atoms with Crippen LogP contribution in [0.25, 0.3) is 11.1 Å². The average molecular weight is 610 g/mol. The molecule has 226 valence electrons. The van der Waals surface area contributed by atoms with Gasteiger partial charge in [-0.1, -0.05) is 37.3 Å². The normalized spacial score (nSPS) is 15.3. The molecule has 1 saturated heterocycles. The zero-order valence-electron chi connectivity index (χ0n) is 22.5. The first kappa shape index (κ1) is 30.8. The number of ether oxygens (including phenoxy) is 3. The fourth-order valence-electron chi connectivity index (χ4n) is 4.21. The van der Waals surface area contributed by atoms with Crippen molar-refractivity contribution in [2.24, 2.45) is 0 Å². The Morgan fingerprint density at radius 1 is 1.07 bits per heavy atom. The maximum Gasteiger partial charge on any atom is 0.410 e. The molecule has 1 aliphatic heterocycles. The Morgan fingerprint density at radius 2 is 1.76 bits per heavy atom. The van der Waals surface area contributed by atoms with Gasteiger partial charge in [0.05, 0.1) is 30.8 Å². The number of morpholine rings is 1. The molecule has 1 fully saturated rings. The van der Waals surface area contributed by atoms with E-state index in [-0.39, 0.29) is 49.9 Å². The highest BCUT2D eigenvalue weighted by Crippen LogP contribution is 2.23. The molecule has 15 heteroatoms. The molecule has 0 bridgehead atoms. The molecular weight excluding hydrogens is 580 g/mol. The molecule has 2 atom stereocenters. The van der Waals surface area contributed by atoms with Gasteiger partial charge in [-0.05, 0) is 24.6 Å². The summed E-state index contributed by atoms with van der Waals surface area (Å²) in [6.45, 7) is -0.814. The van der Waals surface area contributed by atoms with E-state index in [0.29, 0.717) is 11.1 Å². The van der Waals surface area contributed by atoms with Crippen LogP contribution in [0.3, 0.4) is 0 Å². The number of amides is 2. The number of rotatable bonds is 12. The van der Waals surface area contributed by atoms with E-state index in [2.05, 4.69) is 15.0 Å². The first-order valence-electron chi connectivity index (χ1n) is 13.0. The maximum absolute atomic E-state index is 13.4. The minimum absolute atomic E-state index is 0.0750. The molecule has 12 nitrogen and oxygen atoms in total. The summed E-state index contributed by atoms with van der Waals surface area (Å²) < 4.78 is 72.5. The minimum atomic E-state index is -4.27. The fourth-order valence-corrected chi connectivity index (χ4v) is 5.72. The van der Waals surface area contributed by atoms with Gasteiger partial charge < -0.3 is 28.8 Å². The molecule has 2 aromatic carbocycles. The van der Waals surface area contributed by atoms with Gasteiger partial charge in [0.15, 0.2) is 21.5 Å². The van der Waals surface area contributed by atoms with Crippen molar-refractivity contribution in [3.8, 4) is 5.75 Å². The smallest absolute Gasteiger partial charge is 0.410 e. The number of nitrogens with one attached hydrogen (secondary N) is 1. The van der Waals surface area contributed by atoms with Gasteiger partial charge in [-0.3, -0.25) is 9.59 Å². The summed E-state index contributed by atoms with van der Waals surface area (Å²) >= 11 is 0. The number of ketones is 1. The second-order valence-electron chi connectivity index (χ2n) is 9.33. The number of alkyl halides is 2. The van der Waals surface area contributed by atoms with Crippen LogP contribution in [0.4, 0.5) is 13.6 Å². The molecule has 3 aromatic rings. The average Bonchev–Trinajstić information content (AvgIpc) is 3.40. The quantitative estimate of drug-likeness (QED) is 0.303. The van der Waals surface area contributed by atoms with Crippen molar-refractivity contribution in [3.05, 3.63) is 60.0 Å². The third-order valence-corrected chi connectivity index (χ3v) is 7.88. The molecule has 42 heavy (non-hydrogen) atoms. The molecule has 1 N–H and O–H groups in total. The Bertz CT molecular complexity index is 1490. The number of para-hydroxylation sites is 3. The number of oxazole rings is 1. The summed E-state index contributed by atoms with van der Waals surface area (Å²) in [6, 6.07) is 10.8. The molecule has 1 aromatic heterocycles. The summed E-state index contributed by atoms with van der Waals surface area (Å²) in [7, 11) is -4.27. The van der Waals surface area contributed by atoms with Crippen LogP contribution in [-0.4, -0.2) is 86.9 Å². The van der Waals surface area contributed by atoms with Gasteiger partial charge >= 0.3 is 12.7 Å². The number of carbonyl (C=O) groups is 3. The number of fused-ring (bicyclic) bond motifs is 1. The standard InChI is InChI=1S/C27H29F2N3O9S/c1-2-18(23(33)25-31-19-8-4-6-10-21(19)39-25)30-24(34)22(41-27(35)32-11-13-38-14-12-32)16-42(36,37)15-17-7-3-5-9-20(17)40-26(28)29/h3-10,18,22,26H,2,11-16H2,1H3,(H,30,34)/t18-,22-/m0/s1. The van der Waals surface area contributed by atoms with Gasteiger partial charge in [0.1, 0.15) is 11.3 Å². The SMILES string of the molecule is CC[C@H](NC(=O)[C@H](CS(=O)(=O)Cc1ccccc1OC(F)F)OC(=O)N1CCOCC1)C(=O)c1nc2ccccc2o1. The summed E-state index contributed by atoms with van der Waals surface area (Å²) in [6.07, 6.45) is -2.74. The van der Waals surface area contributed by atoms with E-state index in [4.69, 9.17) is 13.9 Å². The summed E-state index contributed by atoms with van der Waals surface area (Å²) in [4.78, 5) is 44.7. The van der Waals surface area contributed by atoms with E-state index in [1.807, 2.05) is 0 Å². The van der Waals surface area contributed by atoms with Crippen LogP contribution in [0.15, 0.2) is 52.9 Å². The van der Waals surface area contributed by atoms with Gasteiger partial charge in [-0.15, -0.1) is 0 Å². The Hall–Kier alpha value is -4.11. The van der Waals surface area contributed by atoms with Gasteiger partial charge in [-0.25, -0.2) is 18.2 Å². The number of aromatic nitrogens is 1. The highest BCUT2D eigenvalue weighted by Gasteiger charge is 2.35. The van der Waals surface area contributed by atoms with E-state index in [0.717, 1.165) is 0 Å². The third kappa shape index (κ3) is 8.00. The zero-order valence-corrected chi connectivity index (χ0v) is 23.3. The molecule has 4 rings (SSSR count). The highest BCUT2D eigenvalue weighted by atomic mass is 32.2. The molecule has 1 aliphatic rings. The number of halogens is 2. The number of benzene rings is 2. The topological polar surface area (TPSA) is 154 Å². The van der Waals surface area contributed by atoms with Crippen molar-refractivity contribution in [2.45, 2.75) is 37.9 Å². The number of Topliss-reactive ketones (excluding diaryl/α,β-unsaturated/α-hetero) is 1. The summed E-state index contributed by atoms with van der Waals surface area (Å²) in [5, 5.41) is 2.44. The molecule has 0 spiro atoms. The van der Waals surface area contributed by atoms with E-state index < -0.39 is 57.9 Å². The van der Waals surface area contributed by atoms with Crippen LogP contribution in [-0.2, 0) is 29.9 Å². The first-order valence-corrected chi connectivity index (χ1v) is 14.8. The van der Waals surface area contributed by atoms with E-state index in [1.165, 1.54) is 29.2 Å². The van der Waals surface area contributed by atoms with Crippen molar-refractivity contribution in [3.63, 3.8) is 0 Å². The second kappa shape index (κ2) is 13.7. The molecule has 0 aliphatic carbocycles. The number of hydrogen-bond donors (Lipinski definition) is 1. The maximum atomic E-state index is 13.4. The van der Waals surface area contributed by atoms with Crippen molar-refractivity contribution < 1.29 is 50.2 Å². The number of nitrogens with zero attached hydrogens (tertiary/aromatic N) is 2. The Morgan fingerprint density at radius 3 is 2.45 bits per heavy atom. The Balaban J connectivity index is 1.54. The van der Waals surface area contributed by atoms with Crippen molar-refractivity contribution in [1.82, 2.24) is 15.2 Å². The fraction of sp³-hybridized carbons (Fsp3) is 0.407. The van der Waals surface area contributed by atoms with Crippen LogP contribution in [0.1, 0.15) is 29.6 Å². The predicted octanol–water partition coefficient (Wildman–Crippen LogP) is 2.96. The molecule has 2 heterocycles. The summed E-state index contributed by atoms with van der Waals surface area (Å²) in [5.74, 6) is -4.10. The first-order chi connectivity index (χ1) is 20.1. The number of carbonyl (C=O) groups excluding carboxylic acids is 3. The lowest BCUT2D eigenvalue weighted by Gasteiger charge is -2.28. The van der Waals surface area contributed by atoms with E-state index in [9.17, 15) is 31.6 Å². The van der Waals surface area contributed by atoms with Crippen molar-refractivity contribution in [2.75, 3.05) is 32.1 Å². The van der Waals surface area contributed by atoms with Crippen LogP contribution in [0.2, 0.25) is 0 Å². The minimum Gasteiger partial charge on any atom is -0.435 e. The highest BCUT2D eigenvalue weighted by molar-refractivity contribution is 7.90. The van der Waals surface area contributed by atoms with Gasteiger partial charge in [0, 0.05) is 18.7 Å². The summed E-state index contributed by atoms with van der Waals surface area (Å²) in [5.41, 5.74) is 0.720. The third-order valence-electron chi connectivity index (χ3n) is 6.32. The molecule has 0 unspecified atom stereocenters. The van der Waals surface area contributed by atoms with Crippen LogP contribution < -0.4 is 10.1 Å². The lowest BCUT2D eigenvalue weighted by molar-refractivity contribution is -0.129. The predicted molar refractivity (Wildman–Crippen MR) is 144 cm³/mol. The lowest BCUT2D eigenvalue weighted by atomic mass is 10.1. The Kier molecular flexibility index (Phi) is 10.1. The molecule has 0 radical (unpaired) electrons. The molecule has 2 amide bonds. The molecular formula is C27H29F2N3O9S. The lowest BCUT2D eigenvalue weighted by Crippen LogP contribution is -2.51. The van der Waals surface area contributed by atoms with Gasteiger partial charge in [-0.2, -0.15) is 8.78 Å². The van der Waals surface area contributed by atoms with E-state index >= 15 is 0 Å². The number of hydrogen-bond acceptors (Lipinski definition) is 10. The van der Waals surface area contributed by atoms with Gasteiger partial charge in [0.2, 0.25) is 5.78 Å². The van der Waals surface area contributed by atoms with Gasteiger partial charge in [0.25, 0.3) is 11.8 Å². The van der Waals surface area contributed by atoms with Crippen molar-refractivity contribution >= 4 is 38.7 Å². The van der Waals surface area contributed by atoms with Crippen LogP contribution >= 0.6 is 0 Å². The van der Waals surface area contributed by atoms with Crippen molar-refractivity contribution in [1.29, 1.82) is 0 Å².